The Morgan fingerprint density at radius 1 is 0.750 bits per heavy atom. The molecule has 1 fully saturated rings. The van der Waals surface area contributed by atoms with Crippen molar-refractivity contribution in [1.29, 1.82) is 0 Å². The minimum atomic E-state index is -1.44. The maximum atomic E-state index is 11.4. The second-order valence-electron chi connectivity index (χ2n) is 5.06. The number of aliphatic hydroxyl groups excluding tert-OH is 1. The highest BCUT2D eigenvalue weighted by molar-refractivity contribution is 5.69. The lowest BCUT2D eigenvalue weighted by atomic mass is 10.8. The van der Waals surface area contributed by atoms with Crippen LogP contribution in [0, 0.1) is 0 Å². The SMILES string of the molecule is CC(=O)O[13C@@H]1O[13C@H]([13CH2]O)[13C@@H](OC(C)=O)[13C@H](OC(C)=O)[13C@H]1OC(C)=O. The number of esters is 4. The van der Waals surface area contributed by atoms with Crippen LogP contribution < -0.4 is 0 Å². The zero-order valence-electron chi connectivity index (χ0n) is 13.7. The summed E-state index contributed by atoms with van der Waals surface area (Å²) in [5.41, 5.74) is 0. The van der Waals surface area contributed by atoms with Gasteiger partial charge in [-0.3, -0.25) is 19.2 Å². The molecule has 1 rings (SSSR count). The van der Waals surface area contributed by atoms with Gasteiger partial charge < -0.3 is 28.8 Å². The average Bonchev–Trinajstić information content (AvgIpc) is 2.42. The zero-order chi connectivity index (χ0) is 18.4. The van der Waals surface area contributed by atoms with Gasteiger partial charge in [0.15, 0.2) is 12.2 Å². The standard InChI is InChI=1S/C14H20O10/c1-6(16)20-11-10(5-15)24-14(23-9(4)19)13(22-8(3)18)12(11)21-7(2)17/h10-15H,5H2,1-4H3/t10-,11-,12+,13-,14-/m1/s1/i5+1,10+1,11+1,12+1,13+1,14+1. The van der Waals surface area contributed by atoms with Crippen LogP contribution in [-0.4, -0.2) is 66.3 Å². The first kappa shape index (κ1) is 19.8. The highest BCUT2D eigenvalue weighted by atomic mass is 16.9. The molecule has 0 aromatic rings. The molecular weight excluding hydrogens is 334 g/mol. The van der Waals surface area contributed by atoms with Gasteiger partial charge in [0.2, 0.25) is 12.4 Å². The first-order valence-electron chi connectivity index (χ1n) is 7.11. The van der Waals surface area contributed by atoms with E-state index in [2.05, 4.69) is 0 Å². The molecule has 0 aromatic carbocycles. The maximum Gasteiger partial charge on any atom is 0.305 e. The summed E-state index contributed by atoms with van der Waals surface area (Å²) in [7, 11) is 0. The van der Waals surface area contributed by atoms with Gasteiger partial charge in [-0.15, -0.1) is 0 Å². The predicted octanol–water partition coefficient (Wildman–Crippen LogP) is -0.938. The van der Waals surface area contributed by atoms with E-state index < -0.39 is 61.2 Å². The third kappa shape index (κ3) is 5.46. The van der Waals surface area contributed by atoms with E-state index in [1.165, 1.54) is 0 Å². The van der Waals surface area contributed by atoms with Crippen LogP contribution in [0.2, 0.25) is 0 Å². The molecule has 0 aliphatic carbocycles. The molecule has 1 heterocycles. The molecule has 0 radical (unpaired) electrons. The molecule has 10 nitrogen and oxygen atoms in total. The smallest absolute Gasteiger partial charge is 0.305 e. The Bertz CT molecular complexity index is 502. The molecule has 5 atom stereocenters. The van der Waals surface area contributed by atoms with Gasteiger partial charge in [-0.1, -0.05) is 0 Å². The first-order chi connectivity index (χ1) is 11.1. The van der Waals surface area contributed by atoms with Crippen LogP contribution in [0.5, 0.6) is 0 Å². The molecule has 10 heteroatoms. The Balaban J connectivity index is 3.23. The van der Waals surface area contributed by atoms with E-state index in [-0.39, 0.29) is 0 Å². The fourth-order valence-corrected chi connectivity index (χ4v) is 2.26. The molecule has 136 valence electrons. The van der Waals surface area contributed by atoms with Crippen LogP contribution in [0.25, 0.3) is 0 Å². The van der Waals surface area contributed by atoms with Gasteiger partial charge in [0, 0.05) is 27.7 Å². The molecule has 1 N–H and O–H groups in total. The van der Waals surface area contributed by atoms with Gasteiger partial charge in [-0.2, -0.15) is 0 Å². The molecule has 1 aliphatic rings. The molecule has 0 aromatic heterocycles. The second-order valence-corrected chi connectivity index (χ2v) is 5.06. The second kappa shape index (κ2) is 8.60. The summed E-state index contributed by atoms with van der Waals surface area (Å²) < 4.78 is 25.4. The van der Waals surface area contributed by atoms with E-state index in [0.29, 0.717) is 0 Å². The van der Waals surface area contributed by atoms with Crippen molar-refractivity contribution in [3.8, 4) is 0 Å². The number of carbonyl (C=O) groups excluding carboxylic acids is 4. The lowest BCUT2D eigenvalue weighted by molar-refractivity contribution is -0.299. The molecular formula is C14H20O10. The van der Waals surface area contributed by atoms with Crippen molar-refractivity contribution in [1.82, 2.24) is 0 Å². The van der Waals surface area contributed by atoms with Gasteiger partial charge >= 0.3 is 23.9 Å². The van der Waals surface area contributed by atoms with E-state index in [9.17, 15) is 24.3 Å². The molecule has 1 aliphatic heterocycles. The highest BCUT2D eigenvalue weighted by Gasteiger charge is 2.53. The zero-order valence-corrected chi connectivity index (χ0v) is 13.7. The van der Waals surface area contributed by atoms with Crippen molar-refractivity contribution >= 4 is 23.9 Å². The van der Waals surface area contributed by atoms with Crippen LogP contribution in [-0.2, 0) is 42.9 Å². The van der Waals surface area contributed by atoms with Gasteiger partial charge in [0.25, 0.3) is 0 Å². The van der Waals surface area contributed by atoms with Gasteiger partial charge in [-0.25, -0.2) is 0 Å². The Labute approximate surface area is 137 Å². The van der Waals surface area contributed by atoms with Crippen molar-refractivity contribution in [3.05, 3.63) is 0 Å². The number of hydrogen-bond acceptors (Lipinski definition) is 10. The molecule has 0 saturated carbocycles. The van der Waals surface area contributed by atoms with Gasteiger partial charge in [0.05, 0.1) is 6.61 Å². The summed E-state index contributed by atoms with van der Waals surface area (Å²) in [6.45, 7) is 3.77. The minimum absolute atomic E-state index is 0.625. The number of aliphatic hydroxyl groups is 1. The van der Waals surface area contributed by atoms with Crippen LogP contribution in [0.3, 0.4) is 0 Å². The quantitative estimate of drug-likeness (QED) is 0.374. The summed E-state index contributed by atoms with van der Waals surface area (Å²) >= 11 is 0. The van der Waals surface area contributed by atoms with Crippen molar-refractivity contribution < 1.29 is 48.0 Å². The highest BCUT2D eigenvalue weighted by Crippen LogP contribution is 2.29. The monoisotopic (exact) mass is 354 g/mol. The lowest BCUT2D eigenvalue weighted by Gasteiger charge is -2.43. The third-order valence-electron chi connectivity index (χ3n) is 2.96. The predicted molar refractivity (Wildman–Crippen MR) is 74.2 cm³/mol. The maximum absolute atomic E-state index is 11.4. The largest absolute Gasteiger partial charge is 0.456 e. The normalized spacial score (nSPS) is 29.3. The van der Waals surface area contributed by atoms with Crippen molar-refractivity contribution in [2.75, 3.05) is 6.61 Å². The molecule has 24 heavy (non-hydrogen) atoms. The fraction of sp³-hybridized carbons (Fsp3) is 0.714. The van der Waals surface area contributed by atoms with Gasteiger partial charge in [-0.05, 0) is 0 Å². The van der Waals surface area contributed by atoms with E-state index in [1.807, 2.05) is 0 Å². The number of rotatable bonds is 5. The van der Waals surface area contributed by atoms with Crippen LogP contribution in [0.1, 0.15) is 27.7 Å². The molecule has 0 unspecified atom stereocenters. The molecule has 0 spiro atoms. The Kier molecular flexibility index (Phi) is 7.11. The minimum Gasteiger partial charge on any atom is -0.456 e. The molecule has 0 amide bonds. The van der Waals surface area contributed by atoms with E-state index in [1.54, 1.807) is 0 Å². The summed E-state index contributed by atoms with van der Waals surface area (Å²) in [6, 6.07) is 0. The first-order valence-corrected chi connectivity index (χ1v) is 7.11. The summed E-state index contributed by atoms with van der Waals surface area (Å²) in [5, 5.41) is 9.44. The third-order valence-corrected chi connectivity index (χ3v) is 2.96. The molecule has 1 saturated heterocycles. The van der Waals surface area contributed by atoms with E-state index in [4.69, 9.17) is 23.7 Å². The lowest BCUT2D eigenvalue weighted by Crippen LogP contribution is -2.62. The number of hydrogen-bond donors (Lipinski definition) is 1. The van der Waals surface area contributed by atoms with Crippen LogP contribution in [0.15, 0.2) is 0 Å². The van der Waals surface area contributed by atoms with Crippen molar-refractivity contribution in [2.45, 2.75) is 58.4 Å². The van der Waals surface area contributed by atoms with Gasteiger partial charge in [0.1, 0.15) is 6.10 Å². The van der Waals surface area contributed by atoms with E-state index in [0.717, 1.165) is 27.7 Å². The van der Waals surface area contributed by atoms with Crippen molar-refractivity contribution in [3.63, 3.8) is 0 Å². The Morgan fingerprint density at radius 3 is 1.58 bits per heavy atom. The van der Waals surface area contributed by atoms with Crippen LogP contribution >= 0.6 is 0 Å². The average molecular weight is 354 g/mol. The fourth-order valence-electron chi connectivity index (χ4n) is 2.26. The topological polar surface area (TPSA) is 135 Å². The summed E-state index contributed by atoms with van der Waals surface area (Å²) in [5.74, 6) is -3.00. The van der Waals surface area contributed by atoms with Crippen molar-refractivity contribution in [2.24, 2.45) is 0 Å². The summed E-state index contributed by atoms with van der Waals surface area (Å²) in [4.78, 5) is 45.3. The summed E-state index contributed by atoms with van der Waals surface area (Å²) in [6.07, 6.45) is -6.56. The molecule has 0 bridgehead atoms. The number of ether oxygens (including phenoxy) is 5. The number of carbonyl (C=O) groups is 4. The Morgan fingerprint density at radius 2 is 1.17 bits per heavy atom. The van der Waals surface area contributed by atoms with E-state index >= 15 is 0 Å². The Hall–Kier alpha value is -2.20. The van der Waals surface area contributed by atoms with Crippen LogP contribution in [0.4, 0.5) is 0 Å².